The summed E-state index contributed by atoms with van der Waals surface area (Å²) in [7, 11) is 0. The van der Waals surface area contributed by atoms with Crippen LogP contribution in [-0.2, 0) is 13.0 Å². The third-order valence-electron chi connectivity index (χ3n) is 2.38. The van der Waals surface area contributed by atoms with Crippen molar-refractivity contribution in [2.24, 2.45) is 0 Å². The number of hydrogen-bond donors (Lipinski definition) is 1. The Bertz CT molecular complexity index is 554. The number of pyridine rings is 1. The van der Waals surface area contributed by atoms with Gasteiger partial charge in [0.15, 0.2) is 0 Å². The Morgan fingerprint density at radius 3 is 2.56 bits per heavy atom. The molecule has 2 nitrogen and oxygen atoms in total. The van der Waals surface area contributed by atoms with Gasteiger partial charge >= 0.3 is 0 Å². The summed E-state index contributed by atoms with van der Waals surface area (Å²) in [6.45, 7) is 2.82. The highest BCUT2D eigenvalue weighted by Crippen LogP contribution is 2.29. The molecule has 0 aliphatic rings. The largest absolute Gasteiger partial charge is 0.364 e. The SMILES string of the molecule is CCc1ccc(CNc2nc(Cl)c(Cl)cc2Cl)s1. The van der Waals surface area contributed by atoms with Crippen LogP contribution in [0.1, 0.15) is 16.7 Å². The molecule has 0 unspecified atom stereocenters. The van der Waals surface area contributed by atoms with E-state index in [0.717, 1.165) is 6.42 Å². The Kier molecular flexibility index (Phi) is 4.73. The van der Waals surface area contributed by atoms with Gasteiger partial charge in [0.1, 0.15) is 11.0 Å². The summed E-state index contributed by atoms with van der Waals surface area (Å²) in [4.78, 5) is 6.70. The maximum Gasteiger partial charge on any atom is 0.150 e. The average molecular weight is 322 g/mol. The molecule has 0 aliphatic carbocycles. The Labute approximate surface area is 125 Å². The molecule has 0 aliphatic heterocycles. The van der Waals surface area contributed by atoms with E-state index in [4.69, 9.17) is 34.8 Å². The average Bonchev–Trinajstić information content (AvgIpc) is 2.80. The van der Waals surface area contributed by atoms with Gasteiger partial charge in [-0.1, -0.05) is 41.7 Å². The molecule has 6 heteroatoms. The zero-order valence-electron chi connectivity index (χ0n) is 9.64. The molecule has 1 N–H and O–H groups in total. The first-order chi connectivity index (χ1) is 8.60. The molecule has 0 amide bonds. The minimum absolute atomic E-state index is 0.254. The smallest absolute Gasteiger partial charge is 0.150 e. The Hall–Kier alpha value is -0.480. The molecule has 96 valence electrons. The predicted octanol–water partition coefficient (Wildman–Crippen LogP) is 5.28. The summed E-state index contributed by atoms with van der Waals surface area (Å²) in [6, 6.07) is 5.82. The number of thiophene rings is 1. The molecule has 0 saturated carbocycles. The van der Waals surface area contributed by atoms with Crippen LogP contribution in [0.5, 0.6) is 0 Å². The van der Waals surface area contributed by atoms with Crippen molar-refractivity contribution in [3.63, 3.8) is 0 Å². The monoisotopic (exact) mass is 320 g/mol. The van der Waals surface area contributed by atoms with Crippen molar-refractivity contribution in [2.75, 3.05) is 5.32 Å². The summed E-state index contributed by atoms with van der Waals surface area (Å²) in [6.07, 6.45) is 1.05. The molecule has 0 bridgehead atoms. The fraction of sp³-hybridized carbons (Fsp3) is 0.250. The number of rotatable bonds is 4. The second-order valence-electron chi connectivity index (χ2n) is 3.67. The molecule has 0 aromatic carbocycles. The molecular weight excluding hydrogens is 311 g/mol. The highest BCUT2D eigenvalue weighted by Gasteiger charge is 2.08. The maximum absolute atomic E-state index is 6.04. The molecule has 0 radical (unpaired) electrons. The number of aromatic nitrogens is 1. The Morgan fingerprint density at radius 1 is 1.17 bits per heavy atom. The molecule has 18 heavy (non-hydrogen) atoms. The normalized spacial score (nSPS) is 10.7. The number of anilines is 1. The number of hydrogen-bond acceptors (Lipinski definition) is 3. The van der Waals surface area contributed by atoms with E-state index in [0.29, 0.717) is 22.4 Å². The molecular formula is C12H11Cl3N2S. The van der Waals surface area contributed by atoms with Crippen LogP contribution < -0.4 is 5.32 Å². The highest BCUT2D eigenvalue weighted by molar-refractivity contribution is 7.12. The third-order valence-corrected chi connectivity index (χ3v) is 4.57. The van der Waals surface area contributed by atoms with Crippen molar-refractivity contribution >= 4 is 52.0 Å². The number of nitrogens with one attached hydrogen (secondary N) is 1. The summed E-state index contributed by atoms with van der Waals surface area (Å²) in [5.41, 5.74) is 0. The standard InChI is InChI=1S/C12H11Cl3N2S/c1-2-7-3-4-8(18-7)6-16-12-10(14)5-9(13)11(15)17-12/h3-5H,2,6H2,1H3,(H,16,17). The molecule has 0 fully saturated rings. The van der Waals surface area contributed by atoms with E-state index >= 15 is 0 Å². The quantitative estimate of drug-likeness (QED) is 0.775. The molecule has 2 heterocycles. The van der Waals surface area contributed by atoms with Gasteiger partial charge in [-0.2, -0.15) is 0 Å². The van der Waals surface area contributed by atoms with E-state index in [1.165, 1.54) is 9.75 Å². The molecule has 0 spiro atoms. The fourth-order valence-electron chi connectivity index (χ4n) is 1.45. The van der Waals surface area contributed by atoms with E-state index in [1.807, 2.05) is 0 Å². The van der Waals surface area contributed by atoms with Gasteiger partial charge in [-0.15, -0.1) is 11.3 Å². The van der Waals surface area contributed by atoms with Crippen LogP contribution in [0.4, 0.5) is 5.82 Å². The minimum Gasteiger partial charge on any atom is -0.364 e. The zero-order chi connectivity index (χ0) is 13.1. The second-order valence-corrected chi connectivity index (χ2v) is 6.09. The summed E-state index contributed by atoms with van der Waals surface area (Å²) >= 11 is 19.5. The topological polar surface area (TPSA) is 24.9 Å². The first-order valence-corrected chi connectivity index (χ1v) is 7.38. The first kappa shape index (κ1) is 13.9. The van der Waals surface area contributed by atoms with Gasteiger partial charge in [0.2, 0.25) is 0 Å². The van der Waals surface area contributed by atoms with Gasteiger partial charge in [-0.05, 0) is 24.6 Å². The van der Waals surface area contributed by atoms with Crippen molar-refractivity contribution in [1.29, 1.82) is 0 Å². The van der Waals surface area contributed by atoms with Gasteiger partial charge in [-0.3, -0.25) is 0 Å². The van der Waals surface area contributed by atoms with Gasteiger partial charge in [0, 0.05) is 9.75 Å². The van der Waals surface area contributed by atoms with E-state index in [2.05, 4.69) is 29.4 Å². The van der Waals surface area contributed by atoms with Crippen LogP contribution in [0.25, 0.3) is 0 Å². The van der Waals surface area contributed by atoms with Crippen LogP contribution in [0, 0.1) is 0 Å². The molecule has 0 saturated heterocycles. The van der Waals surface area contributed by atoms with Gasteiger partial charge in [0.05, 0.1) is 16.6 Å². The number of nitrogens with zero attached hydrogens (tertiary/aromatic N) is 1. The van der Waals surface area contributed by atoms with E-state index in [-0.39, 0.29) is 5.15 Å². The predicted molar refractivity (Wildman–Crippen MR) is 80.3 cm³/mol. The second kappa shape index (κ2) is 6.11. The summed E-state index contributed by atoms with van der Waals surface area (Å²) in [5.74, 6) is 0.553. The lowest BCUT2D eigenvalue weighted by molar-refractivity contribution is 1.14. The maximum atomic E-state index is 6.04. The lowest BCUT2D eigenvalue weighted by Crippen LogP contribution is -2.00. The van der Waals surface area contributed by atoms with Crippen molar-refractivity contribution in [1.82, 2.24) is 4.98 Å². The van der Waals surface area contributed by atoms with Crippen LogP contribution in [0.15, 0.2) is 18.2 Å². The first-order valence-electron chi connectivity index (χ1n) is 5.43. The molecule has 0 atom stereocenters. The molecule has 2 aromatic rings. The van der Waals surface area contributed by atoms with Crippen LogP contribution >= 0.6 is 46.1 Å². The lowest BCUT2D eigenvalue weighted by Gasteiger charge is -2.07. The van der Waals surface area contributed by atoms with Crippen molar-refractivity contribution < 1.29 is 0 Å². The summed E-state index contributed by atoms with van der Waals surface area (Å²) < 4.78 is 0. The number of aryl methyl sites for hydroxylation is 1. The highest BCUT2D eigenvalue weighted by atomic mass is 35.5. The zero-order valence-corrected chi connectivity index (χ0v) is 12.7. The van der Waals surface area contributed by atoms with Crippen molar-refractivity contribution in [3.05, 3.63) is 43.2 Å². The van der Waals surface area contributed by atoms with E-state index in [1.54, 1.807) is 17.4 Å². The Balaban J connectivity index is 2.08. The van der Waals surface area contributed by atoms with Crippen LogP contribution in [0.2, 0.25) is 15.2 Å². The van der Waals surface area contributed by atoms with Gasteiger partial charge in [-0.25, -0.2) is 4.98 Å². The minimum atomic E-state index is 0.254. The number of halogens is 3. The molecule has 2 aromatic heterocycles. The Morgan fingerprint density at radius 2 is 1.89 bits per heavy atom. The fourth-order valence-corrected chi connectivity index (χ4v) is 2.91. The van der Waals surface area contributed by atoms with Gasteiger partial charge in [0.25, 0.3) is 0 Å². The van der Waals surface area contributed by atoms with Crippen molar-refractivity contribution in [3.8, 4) is 0 Å². The van der Waals surface area contributed by atoms with Crippen molar-refractivity contribution in [2.45, 2.75) is 19.9 Å². The van der Waals surface area contributed by atoms with E-state index < -0.39 is 0 Å². The third kappa shape index (κ3) is 3.29. The van der Waals surface area contributed by atoms with Crippen LogP contribution in [0.3, 0.4) is 0 Å². The molecule has 2 rings (SSSR count). The summed E-state index contributed by atoms with van der Waals surface area (Å²) in [5, 5.41) is 4.24. The lowest BCUT2D eigenvalue weighted by atomic mass is 10.3. The van der Waals surface area contributed by atoms with Crippen LogP contribution in [-0.4, -0.2) is 4.98 Å². The van der Waals surface area contributed by atoms with Gasteiger partial charge < -0.3 is 5.32 Å². The van der Waals surface area contributed by atoms with E-state index in [9.17, 15) is 0 Å².